The van der Waals surface area contributed by atoms with Gasteiger partial charge in [0.05, 0.1) is 4.90 Å². The second-order valence-electron chi connectivity index (χ2n) is 6.42. The van der Waals surface area contributed by atoms with Gasteiger partial charge in [0.15, 0.2) is 0 Å². The monoisotopic (exact) mass is 359 g/mol. The van der Waals surface area contributed by atoms with E-state index in [9.17, 15) is 8.42 Å². The third-order valence-electron chi connectivity index (χ3n) is 4.47. The number of nitrogens with one attached hydrogen (secondary N) is 1. The molecule has 0 amide bonds. The number of sulfonamides is 1. The zero-order chi connectivity index (χ0) is 17.7. The fourth-order valence-electron chi connectivity index (χ4n) is 3.04. The largest absolute Gasteiger partial charge is 0.314 e. The maximum atomic E-state index is 12.9. The predicted molar refractivity (Wildman–Crippen MR) is 99.7 cm³/mol. The maximum absolute atomic E-state index is 12.9. The Kier molecular flexibility index (Phi) is 5.86. The average molecular weight is 359 g/mol. The highest BCUT2D eigenvalue weighted by molar-refractivity contribution is 7.89. The zero-order valence-electron chi connectivity index (χ0n) is 14.6. The van der Waals surface area contributed by atoms with Crippen molar-refractivity contribution in [3.8, 4) is 0 Å². The molecule has 2 aromatic carbocycles. The molecule has 1 saturated heterocycles. The molecule has 1 fully saturated rings. The van der Waals surface area contributed by atoms with E-state index in [1.807, 2.05) is 42.5 Å². The van der Waals surface area contributed by atoms with Gasteiger partial charge in [-0.2, -0.15) is 4.31 Å². The number of hydrogen-bond donors (Lipinski definition) is 1. The Balaban J connectivity index is 1.74. The molecular formula is C19H25N3O2S. The van der Waals surface area contributed by atoms with Crippen molar-refractivity contribution in [3.63, 3.8) is 0 Å². The molecule has 0 radical (unpaired) electrons. The van der Waals surface area contributed by atoms with Gasteiger partial charge in [-0.3, -0.25) is 4.90 Å². The quantitative estimate of drug-likeness (QED) is 0.856. The molecular weight excluding hydrogens is 334 g/mol. The second-order valence-corrected chi connectivity index (χ2v) is 8.47. The number of rotatable bonds is 6. The van der Waals surface area contributed by atoms with Crippen LogP contribution < -0.4 is 5.32 Å². The van der Waals surface area contributed by atoms with Gasteiger partial charge in [0.25, 0.3) is 0 Å². The summed E-state index contributed by atoms with van der Waals surface area (Å²) in [5, 5.41) is 3.33. The summed E-state index contributed by atoms with van der Waals surface area (Å²) in [4.78, 5) is 2.70. The zero-order valence-corrected chi connectivity index (χ0v) is 15.4. The highest BCUT2D eigenvalue weighted by atomic mass is 32.2. The SMILES string of the molecule is CN(Cc1ccccc1)S(=O)(=O)c1cccc(CN2CCNCC2)c1. The molecule has 2 aromatic rings. The summed E-state index contributed by atoms with van der Waals surface area (Å²) in [7, 11) is -1.87. The molecule has 1 N–H and O–H groups in total. The van der Waals surface area contributed by atoms with E-state index in [2.05, 4.69) is 10.2 Å². The molecule has 1 aliphatic heterocycles. The van der Waals surface area contributed by atoms with E-state index in [4.69, 9.17) is 0 Å². The van der Waals surface area contributed by atoms with Gasteiger partial charge in [0.1, 0.15) is 0 Å². The Labute approximate surface area is 150 Å². The molecule has 6 heteroatoms. The third-order valence-corrected chi connectivity index (χ3v) is 6.27. The van der Waals surface area contributed by atoms with E-state index in [0.717, 1.165) is 43.9 Å². The molecule has 3 rings (SSSR count). The molecule has 25 heavy (non-hydrogen) atoms. The van der Waals surface area contributed by atoms with E-state index < -0.39 is 10.0 Å². The molecule has 1 aliphatic rings. The molecule has 134 valence electrons. The summed E-state index contributed by atoms with van der Waals surface area (Å²) in [6.45, 7) is 5.10. The summed E-state index contributed by atoms with van der Waals surface area (Å²) in [5.41, 5.74) is 2.02. The lowest BCUT2D eigenvalue weighted by Gasteiger charge is -2.27. The van der Waals surface area contributed by atoms with Crippen LogP contribution in [0.5, 0.6) is 0 Å². The summed E-state index contributed by atoms with van der Waals surface area (Å²) in [6.07, 6.45) is 0. The number of hydrogen-bond acceptors (Lipinski definition) is 4. The summed E-state index contributed by atoms with van der Waals surface area (Å²) in [6, 6.07) is 17.0. The minimum atomic E-state index is -3.50. The highest BCUT2D eigenvalue weighted by Crippen LogP contribution is 2.19. The van der Waals surface area contributed by atoms with Crippen LogP contribution in [0, 0.1) is 0 Å². The molecule has 0 bridgehead atoms. The van der Waals surface area contributed by atoms with Crippen molar-refractivity contribution >= 4 is 10.0 Å². The lowest BCUT2D eigenvalue weighted by Crippen LogP contribution is -2.42. The van der Waals surface area contributed by atoms with Crippen LogP contribution in [0.15, 0.2) is 59.5 Å². The lowest BCUT2D eigenvalue weighted by atomic mass is 10.2. The van der Waals surface area contributed by atoms with Crippen LogP contribution >= 0.6 is 0 Å². The first-order chi connectivity index (χ1) is 12.1. The van der Waals surface area contributed by atoms with Crippen molar-refractivity contribution in [1.82, 2.24) is 14.5 Å². The number of benzene rings is 2. The molecule has 5 nitrogen and oxygen atoms in total. The van der Waals surface area contributed by atoms with Gasteiger partial charge >= 0.3 is 0 Å². The van der Waals surface area contributed by atoms with Crippen molar-refractivity contribution in [2.75, 3.05) is 33.2 Å². The van der Waals surface area contributed by atoms with E-state index in [1.54, 1.807) is 19.2 Å². The molecule has 0 unspecified atom stereocenters. The van der Waals surface area contributed by atoms with Crippen LogP contribution in [0.25, 0.3) is 0 Å². The van der Waals surface area contributed by atoms with Crippen LogP contribution in [-0.2, 0) is 23.1 Å². The van der Waals surface area contributed by atoms with Gasteiger partial charge in [0, 0.05) is 46.3 Å². The predicted octanol–water partition coefficient (Wildman–Crippen LogP) is 1.91. The Morgan fingerprint density at radius 1 is 1.00 bits per heavy atom. The van der Waals surface area contributed by atoms with Gasteiger partial charge in [-0.1, -0.05) is 42.5 Å². The molecule has 0 atom stereocenters. The Bertz CT molecular complexity index is 787. The van der Waals surface area contributed by atoms with Crippen LogP contribution in [0.4, 0.5) is 0 Å². The van der Waals surface area contributed by atoms with Crippen molar-refractivity contribution in [1.29, 1.82) is 0 Å². The van der Waals surface area contributed by atoms with Crippen molar-refractivity contribution in [3.05, 3.63) is 65.7 Å². The van der Waals surface area contributed by atoms with E-state index in [1.165, 1.54) is 4.31 Å². The lowest BCUT2D eigenvalue weighted by molar-refractivity contribution is 0.233. The van der Waals surface area contributed by atoms with Crippen LogP contribution in [0.2, 0.25) is 0 Å². The van der Waals surface area contributed by atoms with Gasteiger partial charge < -0.3 is 5.32 Å². The van der Waals surface area contributed by atoms with Crippen molar-refractivity contribution in [2.45, 2.75) is 18.0 Å². The molecule has 0 aromatic heterocycles. The molecule has 0 spiro atoms. The topological polar surface area (TPSA) is 52.7 Å². The number of nitrogens with zero attached hydrogens (tertiary/aromatic N) is 2. The fraction of sp³-hybridized carbons (Fsp3) is 0.368. The Morgan fingerprint density at radius 3 is 2.40 bits per heavy atom. The van der Waals surface area contributed by atoms with Crippen LogP contribution in [0.3, 0.4) is 0 Å². The van der Waals surface area contributed by atoms with Crippen LogP contribution in [-0.4, -0.2) is 50.8 Å². The molecule has 0 saturated carbocycles. The minimum absolute atomic E-state index is 0.360. The molecule has 0 aliphatic carbocycles. The fourth-order valence-corrected chi connectivity index (χ4v) is 4.27. The first-order valence-corrected chi connectivity index (χ1v) is 10.0. The smallest absolute Gasteiger partial charge is 0.243 e. The molecule has 1 heterocycles. The summed E-state index contributed by atoms with van der Waals surface area (Å²) < 4.78 is 27.2. The van der Waals surface area contributed by atoms with E-state index in [0.29, 0.717) is 11.4 Å². The third kappa shape index (κ3) is 4.67. The summed E-state index contributed by atoms with van der Waals surface area (Å²) in [5.74, 6) is 0. The maximum Gasteiger partial charge on any atom is 0.243 e. The van der Waals surface area contributed by atoms with Gasteiger partial charge in [-0.15, -0.1) is 0 Å². The summed E-state index contributed by atoms with van der Waals surface area (Å²) >= 11 is 0. The normalized spacial score (nSPS) is 16.2. The standard InChI is InChI=1S/C19H25N3O2S/c1-21(15-17-6-3-2-4-7-17)25(23,24)19-9-5-8-18(14-19)16-22-12-10-20-11-13-22/h2-9,14,20H,10-13,15-16H2,1H3. The van der Waals surface area contributed by atoms with Crippen LogP contribution in [0.1, 0.15) is 11.1 Å². The second kappa shape index (κ2) is 8.10. The Morgan fingerprint density at radius 2 is 1.68 bits per heavy atom. The number of piperazine rings is 1. The highest BCUT2D eigenvalue weighted by Gasteiger charge is 2.21. The van der Waals surface area contributed by atoms with Gasteiger partial charge in [-0.05, 0) is 23.3 Å². The van der Waals surface area contributed by atoms with Crippen molar-refractivity contribution in [2.24, 2.45) is 0 Å². The minimum Gasteiger partial charge on any atom is -0.314 e. The average Bonchev–Trinajstić information content (AvgIpc) is 2.63. The van der Waals surface area contributed by atoms with Gasteiger partial charge in [-0.25, -0.2) is 8.42 Å². The van der Waals surface area contributed by atoms with Crippen molar-refractivity contribution < 1.29 is 8.42 Å². The van der Waals surface area contributed by atoms with E-state index in [-0.39, 0.29) is 0 Å². The van der Waals surface area contributed by atoms with Gasteiger partial charge in [0.2, 0.25) is 10.0 Å². The first kappa shape index (κ1) is 18.1. The Hall–Kier alpha value is -1.73. The van der Waals surface area contributed by atoms with E-state index >= 15 is 0 Å². The first-order valence-electron chi connectivity index (χ1n) is 8.58.